The molecule has 2 aromatic heterocycles. The highest BCUT2D eigenvalue weighted by Gasteiger charge is 2.34. The number of carbonyl (C=O) groups is 2. The molecule has 6 nitrogen and oxygen atoms in total. The highest BCUT2D eigenvalue weighted by molar-refractivity contribution is 7.16. The largest absolute Gasteiger partial charge is 0.376 e. The Morgan fingerprint density at radius 3 is 2.68 bits per heavy atom. The lowest BCUT2D eigenvalue weighted by Gasteiger charge is -2.28. The fourth-order valence-corrected chi connectivity index (χ4v) is 6.16. The summed E-state index contributed by atoms with van der Waals surface area (Å²) < 4.78 is 0. The third-order valence-electron chi connectivity index (χ3n) is 7.22. The number of anilines is 2. The molecular formula is C26H33ClN4O2S. The molecule has 2 amide bonds. The number of hydrogen-bond donors (Lipinski definition) is 2. The Balaban J connectivity index is 1.33. The van der Waals surface area contributed by atoms with Crippen LogP contribution in [0.2, 0.25) is 5.02 Å². The van der Waals surface area contributed by atoms with Crippen LogP contribution < -0.4 is 15.5 Å². The lowest BCUT2D eigenvalue weighted by atomic mass is 9.97. The average Bonchev–Trinajstić information content (AvgIpc) is 3.72. The Hall–Kier alpha value is -2.12. The smallest absolute Gasteiger partial charge is 0.243 e. The Kier molecular flexibility index (Phi) is 7.11. The van der Waals surface area contributed by atoms with Gasteiger partial charge in [-0.25, -0.2) is 0 Å². The molecule has 2 heterocycles. The maximum absolute atomic E-state index is 13.1. The van der Waals surface area contributed by atoms with Gasteiger partial charge in [0.15, 0.2) is 0 Å². The molecule has 3 aliphatic rings. The van der Waals surface area contributed by atoms with Gasteiger partial charge in [0.05, 0.1) is 27.4 Å². The van der Waals surface area contributed by atoms with Crippen molar-refractivity contribution in [2.45, 2.75) is 88.8 Å². The zero-order valence-corrected chi connectivity index (χ0v) is 21.2. The van der Waals surface area contributed by atoms with E-state index in [0.717, 1.165) is 59.8 Å². The summed E-state index contributed by atoms with van der Waals surface area (Å²) in [4.78, 5) is 32.7. The minimum atomic E-state index is -0.449. The average molecular weight is 501 g/mol. The fraction of sp³-hybridized carbons (Fsp3) is 0.577. The van der Waals surface area contributed by atoms with Crippen molar-refractivity contribution in [1.29, 1.82) is 0 Å². The first kappa shape index (κ1) is 23.6. The van der Waals surface area contributed by atoms with Crippen molar-refractivity contribution in [1.82, 2.24) is 10.3 Å². The number of amides is 2. The molecule has 2 aromatic rings. The molecular weight excluding hydrogens is 468 g/mol. The number of nitrogens with one attached hydrogen (secondary N) is 2. The molecule has 0 bridgehead atoms. The first-order valence-corrected chi connectivity index (χ1v) is 13.8. The molecule has 0 aromatic carbocycles. The third kappa shape index (κ3) is 5.57. The Labute approximate surface area is 210 Å². The maximum Gasteiger partial charge on any atom is 0.243 e. The van der Waals surface area contributed by atoms with E-state index in [4.69, 9.17) is 11.6 Å². The number of halogens is 1. The topological polar surface area (TPSA) is 74.3 Å². The molecule has 0 radical (unpaired) electrons. The van der Waals surface area contributed by atoms with Crippen molar-refractivity contribution in [3.63, 3.8) is 0 Å². The SMILES string of the molecule is C[C@@H](Nc1cc(Cl)cnc1C1CC1)c1ccc(N(C=O)[C@@H](CC2CCCC2)C(=O)NC2CC2)s1. The molecule has 3 aliphatic carbocycles. The number of nitrogens with zero attached hydrogens (tertiary/aromatic N) is 2. The van der Waals surface area contributed by atoms with Gasteiger partial charge in [-0.3, -0.25) is 19.5 Å². The van der Waals surface area contributed by atoms with E-state index in [0.29, 0.717) is 16.9 Å². The van der Waals surface area contributed by atoms with Gasteiger partial charge in [0.2, 0.25) is 12.3 Å². The van der Waals surface area contributed by atoms with Gasteiger partial charge in [0.1, 0.15) is 6.04 Å². The molecule has 3 saturated carbocycles. The van der Waals surface area contributed by atoms with E-state index in [-0.39, 0.29) is 18.0 Å². The van der Waals surface area contributed by atoms with Crippen LogP contribution in [0.15, 0.2) is 24.4 Å². The van der Waals surface area contributed by atoms with Crippen LogP contribution in [0, 0.1) is 5.92 Å². The molecule has 2 atom stereocenters. The summed E-state index contributed by atoms with van der Waals surface area (Å²) in [5, 5.41) is 8.16. The molecule has 34 heavy (non-hydrogen) atoms. The molecule has 0 unspecified atom stereocenters. The van der Waals surface area contributed by atoms with E-state index in [1.807, 2.05) is 18.2 Å². The van der Waals surface area contributed by atoms with E-state index >= 15 is 0 Å². The quantitative estimate of drug-likeness (QED) is 0.369. The minimum Gasteiger partial charge on any atom is -0.376 e. The zero-order valence-electron chi connectivity index (χ0n) is 19.6. The van der Waals surface area contributed by atoms with Gasteiger partial charge >= 0.3 is 0 Å². The first-order valence-electron chi connectivity index (χ1n) is 12.6. The fourth-order valence-electron chi connectivity index (χ4n) is 4.98. The monoisotopic (exact) mass is 500 g/mol. The molecule has 0 aliphatic heterocycles. The number of hydrogen-bond acceptors (Lipinski definition) is 5. The highest BCUT2D eigenvalue weighted by Crippen LogP contribution is 2.44. The van der Waals surface area contributed by atoms with Gasteiger partial charge < -0.3 is 10.6 Å². The number of carbonyl (C=O) groups excluding carboxylic acids is 2. The van der Waals surface area contributed by atoms with E-state index in [1.165, 1.54) is 25.7 Å². The Morgan fingerprint density at radius 2 is 2.00 bits per heavy atom. The van der Waals surface area contributed by atoms with E-state index in [1.54, 1.807) is 22.4 Å². The molecule has 0 spiro atoms. The van der Waals surface area contributed by atoms with Crippen molar-refractivity contribution in [3.8, 4) is 0 Å². The van der Waals surface area contributed by atoms with Gasteiger partial charge in [-0.15, -0.1) is 11.3 Å². The maximum atomic E-state index is 13.1. The second-order valence-corrected chi connectivity index (χ2v) is 11.6. The van der Waals surface area contributed by atoms with E-state index < -0.39 is 6.04 Å². The molecule has 182 valence electrons. The van der Waals surface area contributed by atoms with Gasteiger partial charge in [0, 0.05) is 23.0 Å². The highest BCUT2D eigenvalue weighted by atomic mass is 35.5. The van der Waals surface area contributed by atoms with E-state index in [9.17, 15) is 9.59 Å². The standard InChI is InChI=1S/C26H33ClN4O2S/c1-16(29-21-13-19(27)14-28-25(21)18-6-7-18)23-10-11-24(34-23)31(15-32)22(12-17-4-2-3-5-17)26(33)30-20-8-9-20/h10-11,13-18,20,22,29H,2-9,12H2,1H3,(H,30,33)/t16-,22+/m1/s1. The van der Waals surface area contributed by atoms with Crippen LogP contribution in [0.5, 0.6) is 0 Å². The van der Waals surface area contributed by atoms with Crippen LogP contribution in [0.1, 0.15) is 87.2 Å². The first-order chi connectivity index (χ1) is 16.5. The van der Waals surface area contributed by atoms with E-state index in [2.05, 4.69) is 22.5 Å². The second-order valence-electron chi connectivity index (χ2n) is 10.1. The van der Waals surface area contributed by atoms with Gasteiger partial charge in [-0.05, 0) is 63.1 Å². The van der Waals surface area contributed by atoms with Gasteiger partial charge in [0.25, 0.3) is 0 Å². The lowest BCUT2D eigenvalue weighted by Crippen LogP contribution is -2.48. The van der Waals surface area contributed by atoms with Crippen molar-refractivity contribution in [2.24, 2.45) is 5.92 Å². The van der Waals surface area contributed by atoms with Gasteiger partial charge in [-0.1, -0.05) is 37.3 Å². The lowest BCUT2D eigenvalue weighted by molar-refractivity contribution is -0.124. The van der Waals surface area contributed by atoms with Crippen molar-refractivity contribution < 1.29 is 9.59 Å². The summed E-state index contributed by atoms with van der Waals surface area (Å²) >= 11 is 7.79. The number of thiophene rings is 1. The predicted molar refractivity (Wildman–Crippen MR) is 138 cm³/mol. The summed E-state index contributed by atoms with van der Waals surface area (Å²) in [5.74, 6) is 1.01. The molecule has 0 saturated heterocycles. The normalized spacial score (nSPS) is 20.1. The van der Waals surface area contributed by atoms with Crippen molar-refractivity contribution >= 4 is 45.9 Å². The van der Waals surface area contributed by atoms with Gasteiger partial charge in [-0.2, -0.15) is 0 Å². The summed E-state index contributed by atoms with van der Waals surface area (Å²) in [6.45, 7) is 2.11. The Bertz CT molecular complexity index is 1030. The molecule has 3 fully saturated rings. The Morgan fingerprint density at radius 1 is 1.24 bits per heavy atom. The molecule has 5 rings (SSSR count). The minimum absolute atomic E-state index is 0.0123. The van der Waals surface area contributed by atoms with Crippen LogP contribution in [-0.2, 0) is 9.59 Å². The second kappa shape index (κ2) is 10.2. The number of pyridine rings is 1. The molecule has 8 heteroatoms. The van der Waals surface area contributed by atoms with Crippen LogP contribution in [0.3, 0.4) is 0 Å². The number of aromatic nitrogens is 1. The predicted octanol–water partition coefficient (Wildman–Crippen LogP) is 6.04. The summed E-state index contributed by atoms with van der Waals surface area (Å²) in [7, 11) is 0. The zero-order chi connectivity index (χ0) is 23.7. The van der Waals surface area contributed by atoms with Crippen molar-refractivity contribution in [3.05, 3.63) is 40.0 Å². The van der Waals surface area contributed by atoms with Crippen molar-refractivity contribution in [2.75, 3.05) is 10.2 Å². The summed E-state index contributed by atoms with van der Waals surface area (Å²) in [6.07, 6.45) is 12.4. The number of rotatable bonds is 11. The summed E-state index contributed by atoms with van der Waals surface area (Å²) in [5.41, 5.74) is 2.06. The molecule has 2 N–H and O–H groups in total. The van der Waals surface area contributed by atoms with Crippen LogP contribution in [0.4, 0.5) is 10.7 Å². The van der Waals surface area contributed by atoms with Crippen LogP contribution in [-0.4, -0.2) is 29.4 Å². The summed E-state index contributed by atoms with van der Waals surface area (Å²) in [6, 6.07) is 5.82. The van der Waals surface area contributed by atoms with Crippen LogP contribution in [0.25, 0.3) is 0 Å². The third-order valence-corrected chi connectivity index (χ3v) is 8.71. The van der Waals surface area contributed by atoms with Crippen LogP contribution >= 0.6 is 22.9 Å².